The second-order valence-electron chi connectivity index (χ2n) is 21.3. The highest BCUT2D eigenvalue weighted by atomic mass is 32.2. The molecule has 3 fully saturated rings. The lowest BCUT2D eigenvalue weighted by molar-refractivity contribution is 0.0915. The Kier molecular flexibility index (Phi) is 27.3. The molecule has 15 heteroatoms. The number of rotatable bonds is 19. The summed E-state index contributed by atoms with van der Waals surface area (Å²) in [6.07, 6.45) is 3.39. The highest BCUT2D eigenvalue weighted by molar-refractivity contribution is 7.86. The molecule has 0 bridgehead atoms. The third-order valence-electron chi connectivity index (χ3n) is 13.6. The fourth-order valence-electron chi connectivity index (χ4n) is 9.15. The summed E-state index contributed by atoms with van der Waals surface area (Å²) in [5.74, 6) is -9.31. The molecule has 8 rings (SSSR count). The molecule has 1 N–H and O–H groups in total. The Bertz CT molecular complexity index is 2480. The number of halogens is 6. The number of alkyl halides is 6. The minimum atomic E-state index is -3.83. The van der Waals surface area contributed by atoms with E-state index in [0.717, 1.165) is 18.6 Å². The third kappa shape index (κ3) is 18.9. The molecule has 3 aliphatic rings. The van der Waals surface area contributed by atoms with Gasteiger partial charge in [0.2, 0.25) is 0 Å². The summed E-state index contributed by atoms with van der Waals surface area (Å²) in [4.78, 5) is 0.0515. The third-order valence-corrected chi connectivity index (χ3v) is 25.0. The number of aliphatic hydroxyl groups is 1. The maximum Gasteiger partial charge on any atom is 0.296 e. The molecular weight excluding hydrogens is 1040 g/mol. The lowest BCUT2D eigenvalue weighted by atomic mass is 10.2. The van der Waals surface area contributed by atoms with Crippen LogP contribution in [0.2, 0.25) is 10.1 Å². The first-order valence-electron chi connectivity index (χ1n) is 25.1. The van der Waals surface area contributed by atoms with Gasteiger partial charge in [-0.1, -0.05) is 216 Å². The zero-order chi connectivity index (χ0) is 53.8. The lowest BCUT2D eigenvalue weighted by Crippen LogP contribution is -2.66. The largest absolute Gasteiger partial charge is 0.407 e. The van der Waals surface area contributed by atoms with Crippen molar-refractivity contribution in [2.75, 3.05) is 26.4 Å². The Hall–Kier alpha value is -4.36. The molecule has 5 aromatic carbocycles. The first-order valence-corrected chi connectivity index (χ1v) is 30.3. The fourth-order valence-corrected chi connectivity index (χ4v) is 19.2. The van der Waals surface area contributed by atoms with Crippen LogP contribution in [0.4, 0.5) is 26.3 Å². The van der Waals surface area contributed by atoms with Crippen molar-refractivity contribution in [1.82, 2.24) is 0 Å². The number of hydrogen-bond donors (Lipinski definition) is 1. The molecule has 6 nitrogen and oxygen atoms in total. The molecule has 5 aromatic rings. The summed E-state index contributed by atoms with van der Waals surface area (Å²) >= 11 is 0. The molecule has 0 amide bonds. The Morgan fingerprint density at radius 1 is 0.532 bits per heavy atom. The predicted molar refractivity (Wildman–Crippen MR) is 313 cm³/mol. The van der Waals surface area contributed by atoms with E-state index in [9.17, 15) is 34.8 Å². The molecule has 3 unspecified atom stereocenters. The van der Waals surface area contributed by atoms with Crippen molar-refractivity contribution in [2.24, 2.45) is 17.8 Å². The van der Waals surface area contributed by atoms with Gasteiger partial charge >= 0.3 is 0 Å². The normalized spacial score (nSPS) is 18.3. The minimum Gasteiger partial charge on any atom is -0.407 e. The van der Waals surface area contributed by atoms with Gasteiger partial charge in [0.1, 0.15) is 0 Å². The van der Waals surface area contributed by atoms with E-state index < -0.39 is 62.3 Å². The van der Waals surface area contributed by atoms with E-state index in [1.165, 1.54) is 32.9 Å². The van der Waals surface area contributed by atoms with E-state index in [1.807, 2.05) is 49.4 Å². The average molecular weight is 1130 g/mol. The molecular formula is C62H90F6O6SSi2. The number of benzene rings is 5. The molecule has 3 saturated carbocycles. The van der Waals surface area contributed by atoms with Crippen molar-refractivity contribution in [3.8, 4) is 0 Å². The van der Waals surface area contributed by atoms with Crippen LogP contribution in [0.5, 0.6) is 0 Å². The van der Waals surface area contributed by atoms with Crippen LogP contribution in [0.3, 0.4) is 0 Å². The molecule has 77 heavy (non-hydrogen) atoms. The van der Waals surface area contributed by atoms with Crippen molar-refractivity contribution < 1.29 is 52.9 Å². The summed E-state index contributed by atoms with van der Waals surface area (Å²) in [5.41, 5.74) is 0.937. The van der Waals surface area contributed by atoms with Crippen molar-refractivity contribution in [3.05, 3.63) is 164 Å². The van der Waals surface area contributed by atoms with E-state index in [-0.39, 0.29) is 90.0 Å². The standard InChI is InChI=1S/C21H26F2OSi.C20H26OSi.C12H14F2O3S.C5H8F2O.4CH4/c1-20(2,3)25(18-10-6-4-7-11-18,19-12-8-5-9-13-19)24-15-14-17-16-21(17,22)23;1-5-6-17-21-22(20(2,3)4,18-13-9-7-10-14-18)19-15-11-8-12-16-19;1-9-2-4-11(5-3-9)18(15,16)17-7-6-10-8-12(10,13)14;6-5(7)3-4(5)1-2-8;;;;/h4-13,17H,14-16H2,1-3H3;5,7-16H,1,6,17H2,2-4H3;2-5,10H,6-8H2,1H3;4,8H,1-3H2;4*1H4. The van der Waals surface area contributed by atoms with Crippen molar-refractivity contribution in [1.29, 1.82) is 0 Å². The van der Waals surface area contributed by atoms with Crippen molar-refractivity contribution >= 4 is 47.5 Å². The second kappa shape index (κ2) is 29.7. The molecule has 0 radical (unpaired) electrons. The average Bonchev–Trinajstić information content (AvgIpc) is 4.29. The number of aryl methyl sites for hydroxylation is 1. The molecule has 0 aliphatic heterocycles. The van der Waals surface area contributed by atoms with Gasteiger partial charge in [-0.15, -0.1) is 6.58 Å². The molecule has 3 aliphatic carbocycles. The minimum absolute atomic E-state index is 0. The molecule has 430 valence electrons. The van der Waals surface area contributed by atoms with Crippen LogP contribution >= 0.6 is 0 Å². The van der Waals surface area contributed by atoms with Crippen LogP contribution in [-0.4, -0.2) is 74.4 Å². The first kappa shape index (κ1) is 70.7. The number of aliphatic hydroxyl groups excluding tert-OH is 1. The lowest BCUT2D eigenvalue weighted by Gasteiger charge is -2.43. The van der Waals surface area contributed by atoms with Gasteiger partial charge < -0.3 is 14.0 Å². The molecule has 0 saturated heterocycles. The van der Waals surface area contributed by atoms with E-state index >= 15 is 0 Å². The van der Waals surface area contributed by atoms with Crippen molar-refractivity contribution in [3.63, 3.8) is 0 Å². The van der Waals surface area contributed by atoms with Gasteiger partial charge in [0.25, 0.3) is 44.5 Å². The number of hydrogen-bond acceptors (Lipinski definition) is 6. The zero-order valence-electron chi connectivity index (χ0n) is 43.3. The van der Waals surface area contributed by atoms with E-state index in [4.69, 9.17) is 18.1 Å². The topological polar surface area (TPSA) is 82.1 Å². The van der Waals surface area contributed by atoms with Crippen LogP contribution < -0.4 is 20.7 Å². The van der Waals surface area contributed by atoms with Gasteiger partial charge in [-0.05, 0) is 75.6 Å². The molecule has 3 atom stereocenters. The SMILES string of the molecule is C.C.C.C.C=CCCO[Si](c1ccccc1)(c1ccccc1)C(C)(C)C.CC(C)(C)[Si](OCCC1CC1(F)F)(c1ccccc1)c1ccccc1.Cc1ccc(S(=O)(=O)OCCC2CC2(F)F)cc1.OCCC1CC1(F)F. The Labute approximate surface area is 462 Å². The van der Waals surface area contributed by atoms with Gasteiger partial charge in [0.05, 0.1) is 11.5 Å². The van der Waals surface area contributed by atoms with Crippen LogP contribution in [0, 0.1) is 24.7 Å². The maximum atomic E-state index is 13.3. The van der Waals surface area contributed by atoms with Gasteiger partial charge in [-0.25, -0.2) is 26.3 Å². The summed E-state index contributed by atoms with van der Waals surface area (Å²) in [6.45, 7) is 20.0. The summed E-state index contributed by atoms with van der Waals surface area (Å²) in [7, 11) is -8.74. The van der Waals surface area contributed by atoms with Gasteiger partial charge in [-0.3, -0.25) is 4.18 Å². The zero-order valence-corrected chi connectivity index (χ0v) is 46.1. The smallest absolute Gasteiger partial charge is 0.296 e. The van der Waals surface area contributed by atoms with Gasteiger partial charge in [-0.2, -0.15) is 8.42 Å². The monoisotopic (exact) mass is 1130 g/mol. The molecule has 0 aromatic heterocycles. The van der Waals surface area contributed by atoms with Gasteiger partial charge in [0.15, 0.2) is 0 Å². The quantitative estimate of drug-likeness (QED) is 0.0292. The van der Waals surface area contributed by atoms with E-state index in [0.29, 0.717) is 13.0 Å². The van der Waals surface area contributed by atoms with Gasteiger partial charge in [0, 0.05) is 56.8 Å². The van der Waals surface area contributed by atoms with Crippen LogP contribution in [0.15, 0.2) is 163 Å². The van der Waals surface area contributed by atoms with E-state index in [1.54, 1.807) is 12.1 Å². The van der Waals surface area contributed by atoms with Crippen LogP contribution in [0.1, 0.15) is 122 Å². The molecule has 0 spiro atoms. The Balaban J connectivity index is 0.000000530. The maximum absolute atomic E-state index is 13.3. The highest BCUT2D eigenvalue weighted by Crippen LogP contribution is 2.52. The van der Waals surface area contributed by atoms with Crippen LogP contribution in [-0.2, 0) is 23.2 Å². The molecule has 0 heterocycles. The van der Waals surface area contributed by atoms with Crippen molar-refractivity contribution in [2.45, 2.75) is 156 Å². The van der Waals surface area contributed by atoms with E-state index in [2.05, 4.69) is 133 Å². The highest BCUT2D eigenvalue weighted by Gasteiger charge is 2.58. The summed E-state index contributed by atoms with van der Waals surface area (Å²) < 4.78 is 117. The van der Waals surface area contributed by atoms with Crippen LogP contribution in [0.25, 0.3) is 0 Å². The Morgan fingerprint density at radius 3 is 1.10 bits per heavy atom. The Morgan fingerprint density at radius 2 is 0.831 bits per heavy atom. The predicted octanol–water partition coefficient (Wildman–Crippen LogP) is 15.1. The fraction of sp³-hybridized carbons (Fsp3) is 0.484. The summed E-state index contributed by atoms with van der Waals surface area (Å²) in [5, 5.41) is 13.2. The second-order valence-corrected chi connectivity index (χ2v) is 31.5. The summed E-state index contributed by atoms with van der Waals surface area (Å²) in [6, 6.07) is 48.3. The first-order chi connectivity index (χ1) is 34.3.